The lowest BCUT2D eigenvalue weighted by atomic mass is 10.1. The quantitative estimate of drug-likeness (QED) is 0.538. The minimum absolute atomic E-state index is 0.348. The zero-order chi connectivity index (χ0) is 19.7. The van der Waals surface area contributed by atoms with E-state index in [9.17, 15) is 9.59 Å². The third-order valence-corrected chi connectivity index (χ3v) is 5.28. The molecule has 0 saturated heterocycles. The van der Waals surface area contributed by atoms with Gasteiger partial charge in [0.1, 0.15) is 11.3 Å². The molecule has 2 aromatic carbocycles. The Morgan fingerprint density at radius 1 is 1.21 bits per heavy atom. The van der Waals surface area contributed by atoms with E-state index in [0.29, 0.717) is 17.0 Å². The number of aromatic amines is 1. The van der Waals surface area contributed by atoms with Crippen molar-refractivity contribution in [2.45, 2.75) is 9.79 Å². The van der Waals surface area contributed by atoms with Crippen LogP contribution in [0.3, 0.4) is 0 Å². The second kappa shape index (κ2) is 7.24. The Labute approximate surface area is 163 Å². The van der Waals surface area contributed by atoms with Crippen LogP contribution in [0.25, 0.3) is 16.8 Å². The lowest BCUT2D eigenvalue weighted by Crippen LogP contribution is -2.22. The largest absolute Gasteiger partial charge is 0.496 e. The summed E-state index contributed by atoms with van der Waals surface area (Å²) < 4.78 is 6.67. The maximum atomic E-state index is 12.3. The molecule has 4 aromatic rings. The maximum absolute atomic E-state index is 12.3. The maximum Gasteiger partial charge on any atom is 0.343 e. The summed E-state index contributed by atoms with van der Waals surface area (Å²) >= 11 is 1.59. The molecule has 0 radical (unpaired) electrons. The van der Waals surface area contributed by atoms with Crippen molar-refractivity contribution in [3.05, 3.63) is 76.8 Å². The van der Waals surface area contributed by atoms with Gasteiger partial charge < -0.3 is 9.84 Å². The first-order chi connectivity index (χ1) is 13.6. The van der Waals surface area contributed by atoms with E-state index < -0.39 is 17.1 Å². The molecule has 4 rings (SSSR count). The number of benzene rings is 2. The Bertz CT molecular complexity index is 1230. The molecule has 2 N–H and O–H groups in total. The summed E-state index contributed by atoms with van der Waals surface area (Å²) in [4.78, 5) is 29.6. The number of fused-ring (bicyclic) bond motifs is 1. The predicted molar refractivity (Wildman–Crippen MR) is 105 cm³/mol. The molecule has 2 heterocycles. The van der Waals surface area contributed by atoms with Gasteiger partial charge in [-0.15, -0.1) is 0 Å². The van der Waals surface area contributed by atoms with E-state index >= 15 is 0 Å². The minimum atomic E-state index is -1.31. The van der Waals surface area contributed by atoms with Crippen LogP contribution in [-0.2, 0) is 0 Å². The third kappa shape index (κ3) is 3.14. The number of hydrogen-bond acceptors (Lipinski definition) is 5. The molecular formula is C20H15N3O4S. The van der Waals surface area contributed by atoms with Gasteiger partial charge in [-0.3, -0.25) is 9.89 Å². The second-order valence-corrected chi connectivity index (χ2v) is 7.02. The first-order valence-electron chi connectivity index (χ1n) is 8.32. The van der Waals surface area contributed by atoms with Crippen molar-refractivity contribution >= 4 is 23.4 Å². The van der Waals surface area contributed by atoms with Gasteiger partial charge in [0.05, 0.1) is 12.0 Å². The van der Waals surface area contributed by atoms with Gasteiger partial charge in [-0.25, -0.2) is 14.3 Å². The van der Waals surface area contributed by atoms with E-state index in [1.165, 1.54) is 0 Å². The van der Waals surface area contributed by atoms with Crippen molar-refractivity contribution in [1.82, 2.24) is 14.6 Å². The fraction of sp³-hybridized carbons (Fsp3) is 0.0500. The normalized spacial score (nSPS) is 10.9. The zero-order valence-corrected chi connectivity index (χ0v) is 15.6. The summed E-state index contributed by atoms with van der Waals surface area (Å²) in [6.07, 6.45) is 2.70. The SMILES string of the molecule is COc1cc(-c2c[nH]n3c(=O)c(C(=O)O)cnc23)ccc1Sc1ccccc1. The van der Waals surface area contributed by atoms with E-state index in [1.54, 1.807) is 25.1 Å². The van der Waals surface area contributed by atoms with E-state index in [2.05, 4.69) is 10.1 Å². The third-order valence-electron chi connectivity index (χ3n) is 4.22. The fourth-order valence-electron chi connectivity index (χ4n) is 2.85. The van der Waals surface area contributed by atoms with E-state index in [1.807, 2.05) is 48.5 Å². The Morgan fingerprint density at radius 2 is 2.00 bits per heavy atom. The Balaban J connectivity index is 1.77. The standard InChI is InChI=1S/C20H15N3O4S/c1-27-16-9-12(7-8-17(16)28-13-5-3-2-4-6-13)14-11-22-23-18(14)21-10-15(19(23)24)20(25)26/h2-11,22H,1H3,(H,25,26). The molecule has 2 aromatic heterocycles. The van der Waals surface area contributed by atoms with Gasteiger partial charge in [0.25, 0.3) is 5.56 Å². The van der Waals surface area contributed by atoms with Crippen molar-refractivity contribution in [3.63, 3.8) is 0 Å². The summed E-state index contributed by atoms with van der Waals surface area (Å²) in [6, 6.07) is 15.7. The highest BCUT2D eigenvalue weighted by Crippen LogP contribution is 2.37. The summed E-state index contributed by atoms with van der Waals surface area (Å²) in [5, 5.41) is 11.9. The van der Waals surface area contributed by atoms with Crippen molar-refractivity contribution in [3.8, 4) is 16.9 Å². The van der Waals surface area contributed by atoms with Crippen molar-refractivity contribution in [2.75, 3.05) is 7.11 Å². The van der Waals surface area contributed by atoms with E-state index in [4.69, 9.17) is 9.84 Å². The number of aromatic carboxylic acids is 1. The first kappa shape index (κ1) is 17.9. The average Bonchev–Trinajstić information content (AvgIpc) is 3.14. The summed E-state index contributed by atoms with van der Waals surface area (Å²) in [5.74, 6) is -0.623. The number of ether oxygens (including phenoxy) is 1. The summed E-state index contributed by atoms with van der Waals surface area (Å²) in [6.45, 7) is 0. The molecular weight excluding hydrogens is 378 g/mol. The van der Waals surface area contributed by atoms with Crippen LogP contribution < -0.4 is 10.3 Å². The Kier molecular flexibility index (Phi) is 4.62. The number of hydrogen-bond donors (Lipinski definition) is 2. The Morgan fingerprint density at radius 3 is 2.71 bits per heavy atom. The first-order valence-corrected chi connectivity index (χ1v) is 9.14. The molecule has 140 valence electrons. The number of carboxylic acid groups (broad SMARTS) is 1. The highest BCUT2D eigenvalue weighted by atomic mass is 32.2. The monoisotopic (exact) mass is 393 g/mol. The smallest absolute Gasteiger partial charge is 0.343 e. The van der Waals surface area contributed by atoms with Crippen molar-refractivity contribution in [1.29, 1.82) is 0 Å². The molecule has 28 heavy (non-hydrogen) atoms. The lowest BCUT2D eigenvalue weighted by molar-refractivity contribution is 0.0694. The highest BCUT2D eigenvalue weighted by Gasteiger charge is 2.16. The van der Waals surface area contributed by atoms with Gasteiger partial charge in [0.2, 0.25) is 0 Å². The molecule has 0 spiro atoms. The average molecular weight is 393 g/mol. The minimum Gasteiger partial charge on any atom is -0.496 e. The van der Waals surface area contributed by atoms with Gasteiger partial charge in [-0.2, -0.15) is 0 Å². The molecule has 7 nitrogen and oxygen atoms in total. The molecule has 0 aliphatic rings. The number of aromatic nitrogens is 3. The Hall–Kier alpha value is -3.52. The molecule has 8 heteroatoms. The van der Waals surface area contributed by atoms with Crippen LogP contribution in [0.1, 0.15) is 10.4 Å². The van der Waals surface area contributed by atoms with Crippen LogP contribution >= 0.6 is 11.8 Å². The number of carboxylic acids is 1. The number of nitrogens with zero attached hydrogens (tertiary/aromatic N) is 2. The predicted octanol–water partition coefficient (Wildman–Crippen LogP) is 3.55. The molecule has 0 atom stereocenters. The van der Waals surface area contributed by atoms with Crippen LogP contribution in [0.4, 0.5) is 0 Å². The van der Waals surface area contributed by atoms with Crippen LogP contribution in [0, 0.1) is 0 Å². The topological polar surface area (TPSA) is 96.7 Å². The number of carbonyl (C=O) groups is 1. The number of H-pyrrole nitrogens is 1. The molecule has 0 aliphatic heterocycles. The summed E-state index contributed by atoms with van der Waals surface area (Å²) in [5.41, 5.74) is 0.761. The van der Waals surface area contributed by atoms with Gasteiger partial charge >= 0.3 is 5.97 Å². The van der Waals surface area contributed by atoms with Crippen LogP contribution in [0.5, 0.6) is 5.75 Å². The zero-order valence-electron chi connectivity index (χ0n) is 14.7. The van der Waals surface area contributed by atoms with Gasteiger partial charge in [-0.1, -0.05) is 36.0 Å². The molecule has 0 saturated carbocycles. The van der Waals surface area contributed by atoms with Crippen LogP contribution in [-0.4, -0.2) is 32.8 Å². The van der Waals surface area contributed by atoms with Crippen LogP contribution in [0.2, 0.25) is 0 Å². The molecule has 0 unspecified atom stereocenters. The van der Waals surface area contributed by atoms with Crippen molar-refractivity contribution in [2.24, 2.45) is 0 Å². The lowest BCUT2D eigenvalue weighted by Gasteiger charge is -2.10. The van der Waals surface area contributed by atoms with E-state index in [0.717, 1.165) is 26.1 Å². The number of nitrogens with one attached hydrogen (secondary N) is 1. The molecule has 0 aliphatic carbocycles. The summed E-state index contributed by atoms with van der Waals surface area (Å²) in [7, 11) is 1.60. The number of methoxy groups -OCH3 is 1. The van der Waals surface area contributed by atoms with Gasteiger partial charge in [-0.05, 0) is 29.8 Å². The second-order valence-electron chi connectivity index (χ2n) is 5.91. The van der Waals surface area contributed by atoms with Gasteiger partial charge in [0, 0.05) is 22.9 Å². The van der Waals surface area contributed by atoms with Crippen LogP contribution in [0.15, 0.2) is 75.5 Å². The fourth-order valence-corrected chi connectivity index (χ4v) is 3.78. The molecule has 0 bridgehead atoms. The molecule has 0 fully saturated rings. The highest BCUT2D eigenvalue weighted by molar-refractivity contribution is 7.99. The van der Waals surface area contributed by atoms with Gasteiger partial charge in [0.15, 0.2) is 5.65 Å². The molecule has 0 amide bonds. The van der Waals surface area contributed by atoms with Crippen molar-refractivity contribution < 1.29 is 14.6 Å². The number of rotatable bonds is 5. The van der Waals surface area contributed by atoms with E-state index in [-0.39, 0.29) is 0 Å².